The van der Waals surface area contributed by atoms with Crippen molar-refractivity contribution in [3.05, 3.63) is 51.5 Å². The van der Waals surface area contributed by atoms with Crippen LogP contribution in [0.25, 0.3) is 0 Å². The summed E-state index contributed by atoms with van der Waals surface area (Å²) in [6.45, 7) is 5.97. The average Bonchev–Trinajstić information content (AvgIpc) is 2.58. The lowest BCUT2D eigenvalue weighted by Gasteiger charge is -2.30. The van der Waals surface area contributed by atoms with Crippen LogP contribution in [0, 0.1) is 13.8 Å². The van der Waals surface area contributed by atoms with Crippen molar-refractivity contribution in [1.29, 1.82) is 0 Å². The highest BCUT2D eigenvalue weighted by Gasteiger charge is 2.20. The number of nitrogens with two attached hydrogens (primary N) is 1. The van der Waals surface area contributed by atoms with Gasteiger partial charge in [0.25, 0.3) is 5.91 Å². The number of hydrogen-bond acceptors (Lipinski definition) is 3. The van der Waals surface area contributed by atoms with Crippen molar-refractivity contribution in [2.24, 2.45) is 0 Å². The third-order valence-corrected chi connectivity index (χ3v) is 5.16. The fourth-order valence-corrected chi connectivity index (χ4v) is 4.12. The van der Waals surface area contributed by atoms with Gasteiger partial charge < -0.3 is 16.0 Å². The number of benzene rings is 2. The van der Waals surface area contributed by atoms with Crippen molar-refractivity contribution in [3.8, 4) is 0 Å². The summed E-state index contributed by atoms with van der Waals surface area (Å²) in [4.78, 5) is 15.3. The Balaban J connectivity index is 1.93. The number of carbonyl (C=O) groups excluding carboxylic acids is 1. The highest BCUT2D eigenvalue weighted by Crippen LogP contribution is 2.29. The molecule has 0 bridgehead atoms. The molecule has 0 unspecified atom stereocenters. The van der Waals surface area contributed by atoms with Crippen LogP contribution in [0.5, 0.6) is 0 Å². The van der Waals surface area contributed by atoms with Gasteiger partial charge in [0.15, 0.2) is 0 Å². The average molecular weight is 402 g/mol. The molecule has 5 heteroatoms. The van der Waals surface area contributed by atoms with Crippen molar-refractivity contribution < 1.29 is 4.79 Å². The Labute approximate surface area is 157 Å². The maximum Gasteiger partial charge on any atom is 0.257 e. The summed E-state index contributed by atoms with van der Waals surface area (Å²) in [6, 6.07) is 9.64. The molecule has 1 fully saturated rings. The quantitative estimate of drug-likeness (QED) is 0.719. The molecule has 0 aliphatic carbocycles. The molecular formula is C20H24BrN3O. The smallest absolute Gasteiger partial charge is 0.257 e. The number of rotatable bonds is 3. The van der Waals surface area contributed by atoms with Crippen LogP contribution >= 0.6 is 15.9 Å². The molecule has 4 nitrogen and oxygen atoms in total. The van der Waals surface area contributed by atoms with E-state index in [0.717, 1.165) is 52.9 Å². The van der Waals surface area contributed by atoms with Crippen molar-refractivity contribution in [3.63, 3.8) is 0 Å². The van der Waals surface area contributed by atoms with Crippen molar-refractivity contribution in [2.75, 3.05) is 29.0 Å². The third-order valence-electron chi connectivity index (χ3n) is 4.70. The van der Waals surface area contributed by atoms with Gasteiger partial charge in [-0.25, -0.2) is 0 Å². The van der Waals surface area contributed by atoms with Crippen LogP contribution < -0.4 is 16.0 Å². The maximum atomic E-state index is 13.0. The van der Waals surface area contributed by atoms with E-state index in [9.17, 15) is 4.79 Å². The Morgan fingerprint density at radius 1 is 1.08 bits per heavy atom. The molecule has 0 radical (unpaired) electrons. The fourth-order valence-electron chi connectivity index (χ4n) is 3.43. The van der Waals surface area contributed by atoms with E-state index in [-0.39, 0.29) is 5.91 Å². The molecule has 0 spiro atoms. The van der Waals surface area contributed by atoms with Crippen molar-refractivity contribution in [1.82, 2.24) is 0 Å². The number of halogens is 1. The van der Waals surface area contributed by atoms with Gasteiger partial charge in [0.05, 0.1) is 5.56 Å². The van der Waals surface area contributed by atoms with Gasteiger partial charge in [-0.15, -0.1) is 0 Å². The number of carbonyl (C=O) groups is 1. The predicted octanol–water partition coefficient (Wildman–Crippen LogP) is 4.89. The topological polar surface area (TPSA) is 58.4 Å². The Hall–Kier alpha value is -2.01. The predicted molar refractivity (Wildman–Crippen MR) is 108 cm³/mol. The van der Waals surface area contributed by atoms with Crippen LogP contribution in [-0.4, -0.2) is 19.0 Å². The molecule has 2 aromatic carbocycles. The largest absolute Gasteiger partial charge is 0.399 e. The number of nitrogens with one attached hydrogen (secondary N) is 1. The Morgan fingerprint density at radius 3 is 2.36 bits per heavy atom. The van der Waals surface area contributed by atoms with Crippen molar-refractivity contribution >= 4 is 38.9 Å². The number of anilines is 3. The summed E-state index contributed by atoms with van der Waals surface area (Å²) in [5.41, 5.74) is 11.1. The summed E-state index contributed by atoms with van der Waals surface area (Å²) in [5, 5.41) is 3.09. The molecule has 1 saturated heterocycles. The van der Waals surface area contributed by atoms with Crippen LogP contribution in [0.15, 0.2) is 34.8 Å². The molecular weight excluding hydrogens is 378 g/mol. The lowest BCUT2D eigenvalue weighted by Crippen LogP contribution is -2.31. The molecule has 0 atom stereocenters. The highest BCUT2D eigenvalue weighted by molar-refractivity contribution is 9.10. The van der Waals surface area contributed by atoms with E-state index < -0.39 is 0 Å². The van der Waals surface area contributed by atoms with Gasteiger partial charge in [-0.05, 0) is 74.6 Å². The Morgan fingerprint density at radius 2 is 1.72 bits per heavy atom. The second-order valence-corrected chi connectivity index (χ2v) is 7.61. The first-order valence-electron chi connectivity index (χ1n) is 8.68. The minimum Gasteiger partial charge on any atom is -0.399 e. The lowest BCUT2D eigenvalue weighted by molar-refractivity contribution is 0.102. The molecule has 132 valence electrons. The molecule has 0 saturated carbocycles. The van der Waals surface area contributed by atoms with Crippen LogP contribution in [0.4, 0.5) is 17.1 Å². The fraction of sp³-hybridized carbons (Fsp3) is 0.350. The van der Waals surface area contributed by atoms with Gasteiger partial charge in [0, 0.05) is 34.6 Å². The van der Waals surface area contributed by atoms with Gasteiger partial charge in [-0.1, -0.05) is 15.9 Å². The molecule has 1 amide bonds. The minimum absolute atomic E-state index is 0.110. The van der Waals surface area contributed by atoms with Crippen LogP contribution in [0.2, 0.25) is 0 Å². The Bertz CT molecular complexity index is 775. The van der Waals surface area contributed by atoms with Gasteiger partial charge in [0.2, 0.25) is 0 Å². The number of amides is 1. The van der Waals surface area contributed by atoms with E-state index in [2.05, 4.69) is 26.1 Å². The molecule has 25 heavy (non-hydrogen) atoms. The van der Waals surface area contributed by atoms with E-state index >= 15 is 0 Å². The number of aryl methyl sites for hydroxylation is 2. The minimum atomic E-state index is -0.110. The molecule has 3 N–H and O–H groups in total. The normalized spacial score (nSPS) is 14.4. The molecule has 0 aromatic heterocycles. The second kappa shape index (κ2) is 7.48. The van der Waals surface area contributed by atoms with Crippen molar-refractivity contribution in [2.45, 2.75) is 33.1 Å². The number of nitrogens with zero attached hydrogens (tertiary/aromatic N) is 1. The van der Waals surface area contributed by atoms with Gasteiger partial charge in [-0.3, -0.25) is 4.79 Å². The molecule has 2 aromatic rings. The first kappa shape index (κ1) is 17.8. The summed E-state index contributed by atoms with van der Waals surface area (Å²) >= 11 is 3.50. The highest BCUT2D eigenvalue weighted by atomic mass is 79.9. The standard InChI is InChI=1S/C20H24BrN3O/c1-13-10-15(21)11-14(2)19(13)23-20(25)17-12-16(22)6-7-18(17)24-8-4-3-5-9-24/h6-7,10-12H,3-5,8-9,22H2,1-2H3,(H,23,25). The maximum absolute atomic E-state index is 13.0. The lowest BCUT2D eigenvalue weighted by atomic mass is 10.0. The second-order valence-electron chi connectivity index (χ2n) is 6.69. The van der Waals surface area contributed by atoms with Crippen LogP contribution in [0.1, 0.15) is 40.7 Å². The van der Waals surface area contributed by atoms with Crippen LogP contribution in [0.3, 0.4) is 0 Å². The zero-order chi connectivity index (χ0) is 18.0. The number of hydrogen-bond donors (Lipinski definition) is 2. The summed E-state index contributed by atoms with van der Waals surface area (Å²) in [6.07, 6.45) is 3.58. The summed E-state index contributed by atoms with van der Waals surface area (Å²) < 4.78 is 1.01. The molecule has 1 aliphatic rings. The van der Waals surface area contributed by atoms with Gasteiger partial charge >= 0.3 is 0 Å². The molecule has 1 heterocycles. The summed E-state index contributed by atoms with van der Waals surface area (Å²) in [7, 11) is 0. The zero-order valence-electron chi connectivity index (χ0n) is 14.7. The van der Waals surface area contributed by atoms with E-state index in [4.69, 9.17) is 5.73 Å². The van der Waals surface area contributed by atoms with Gasteiger partial charge in [0.1, 0.15) is 0 Å². The zero-order valence-corrected chi connectivity index (χ0v) is 16.3. The SMILES string of the molecule is Cc1cc(Br)cc(C)c1NC(=O)c1cc(N)ccc1N1CCCCC1. The number of nitrogen functional groups attached to an aromatic ring is 1. The molecule has 3 rings (SSSR count). The van der Waals surface area contributed by atoms with E-state index in [0.29, 0.717) is 11.3 Å². The number of piperidine rings is 1. The Kier molecular flexibility index (Phi) is 5.33. The third kappa shape index (κ3) is 3.98. The van der Waals surface area contributed by atoms with Crippen LogP contribution in [-0.2, 0) is 0 Å². The monoisotopic (exact) mass is 401 g/mol. The summed E-state index contributed by atoms with van der Waals surface area (Å²) in [5.74, 6) is -0.110. The van der Waals surface area contributed by atoms with E-state index in [1.807, 2.05) is 38.1 Å². The molecule has 1 aliphatic heterocycles. The first-order valence-corrected chi connectivity index (χ1v) is 9.47. The van der Waals surface area contributed by atoms with Gasteiger partial charge in [-0.2, -0.15) is 0 Å². The van der Waals surface area contributed by atoms with E-state index in [1.54, 1.807) is 6.07 Å². The first-order chi connectivity index (χ1) is 12.0. The van der Waals surface area contributed by atoms with E-state index in [1.165, 1.54) is 6.42 Å².